The van der Waals surface area contributed by atoms with Gasteiger partial charge in [-0.1, -0.05) is 30.3 Å². The van der Waals surface area contributed by atoms with E-state index < -0.39 is 29.4 Å². The zero-order valence-electron chi connectivity index (χ0n) is 17.7. The van der Waals surface area contributed by atoms with E-state index in [0.29, 0.717) is 6.42 Å². The molecule has 166 valence electrons. The molecule has 1 aliphatic rings. The van der Waals surface area contributed by atoms with Gasteiger partial charge in [0.15, 0.2) is 0 Å². The lowest BCUT2D eigenvalue weighted by Gasteiger charge is -2.13. The van der Waals surface area contributed by atoms with E-state index >= 15 is 0 Å². The molecule has 0 fully saturated rings. The zero-order valence-corrected chi connectivity index (χ0v) is 17.7. The number of anilines is 2. The minimum atomic E-state index is -0.638. The summed E-state index contributed by atoms with van der Waals surface area (Å²) in [5.41, 5.74) is 1.79. The fourth-order valence-corrected chi connectivity index (χ4v) is 3.61. The van der Waals surface area contributed by atoms with Crippen LogP contribution in [-0.4, -0.2) is 35.1 Å². The molecule has 1 aliphatic heterocycles. The van der Waals surface area contributed by atoms with Gasteiger partial charge in [-0.05, 0) is 48.4 Å². The molecule has 3 aromatic carbocycles. The van der Waals surface area contributed by atoms with Crippen molar-refractivity contribution in [2.75, 3.05) is 17.2 Å². The van der Waals surface area contributed by atoms with Crippen LogP contribution < -0.4 is 10.6 Å². The largest absolute Gasteiger partial charge is 0.324 e. The van der Waals surface area contributed by atoms with Gasteiger partial charge in [-0.25, -0.2) is 4.39 Å². The molecule has 1 heterocycles. The molecule has 3 aromatic rings. The number of carbonyl (C=O) groups excluding carboxylic acids is 4. The van der Waals surface area contributed by atoms with Crippen LogP contribution in [0.4, 0.5) is 15.8 Å². The van der Waals surface area contributed by atoms with Gasteiger partial charge < -0.3 is 10.6 Å². The number of imide groups is 1. The maximum absolute atomic E-state index is 13.8. The van der Waals surface area contributed by atoms with Crippen molar-refractivity contribution in [1.82, 2.24) is 4.90 Å². The number of nitrogens with zero attached hydrogens (tertiary/aromatic N) is 1. The van der Waals surface area contributed by atoms with Crippen molar-refractivity contribution in [3.8, 4) is 0 Å². The van der Waals surface area contributed by atoms with Crippen LogP contribution in [0, 0.1) is 5.82 Å². The van der Waals surface area contributed by atoms with Crippen LogP contribution in [0.2, 0.25) is 0 Å². The number of benzene rings is 3. The number of hydrogen-bond donors (Lipinski definition) is 2. The molecule has 7 nitrogen and oxygen atoms in total. The Labute approximate surface area is 189 Å². The van der Waals surface area contributed by atoms with E-state index in [4.69, 9.17) is 0 Å². The summed E-state index contributed by atoms with van der Waals surface area (Å²) < 4.78 is 13.8. The second-order valence-electron chi connectivity index (χ2n) is 7.59. The lowest BCUT2D eigenvalue weighted by molar-refractivity contribution is -0.114. The predicted molar refractivity (Wildman–Crippen MR) is 121 cm³/mol. The van der Waals surface area contributed by atoms with E-state index in [1.165, 1.54) is 42.2 Å². The summed E-state index contributed by atoms with van der Waals surface area (Å²) in [4.78, 5) is 50.6. The van der Waals surface area contributed by atoms with Gasteiger partial charge in [-0.2, -0.15) is 0 Å². The van der Waals surface area contributed by atoms with Crippen molar-refractivity contribution >= 4 is 35.0 Å². The molecule has 0 atom stereocenters. The van der Waals surface area contributed by atoms with Crippen molar-refractivity contribution < 1.29 is 23.6 Å². The molecule has 0 saturated carbocycles. The maximum Gasteiger partial charge on any atom is 0.261 e. The molecular formula is C25H20FN3O4. The Bertz CT molecular complexity index is 1270. The van der Waals surface area contributed by atoms with Crippen LogP contribution in [0.3, 0.4) is 0 Å². The summed E-state index contributed by atoms with van der Waals surface area (Å²) >= 11 is 0. The molecule has 0 spiro atoms. The average Bonchev–Trinajstić information content (AvgIpc) is 3.04. The highest BCUT2D eigenvalue weighted by Gasteiger charge is 2.35. The summed E-state index contributed by atoms with van der Waals surface area (Å²) in [6, 6.07) is 17.6. The third kappa shape index (κ3) is 4.64. The summed E-state index contributed by atoms with van der Waals surface area (Å²) in [5.74, 6) is -2.47. The lowest BCUT2D eigenvalue weighted by atomic mass is 10.1. The molecule has 8 heteroatoms. The van der Waals surface area contributed by atoms with E-state index in [1.807, 2.05) is 30.3 Å². The first-order valence-corrected chi connectivity index (χ1v) is 10.3. The second-order valence-corrected chi connectivity index (χ2v) is 7.59. The third-order valence-corrected chi connectivity index (χ3v) is 5.23. The van der Waals surface area contributed by atoms with Gasteiger partial charge in [0.2, 0.25) is 5.91 Å². The number of hydrogen-bond acceptors (Lipinski definition) is 4. The lowest BCUT2D eigenvalue weighted by Crippen LogP contribution is -2.31. The topological polar surface area (TPSA) is 95.6 Å². The number of amides is 4. The fourth-order valence-electron chi connectivity index (χ4n) is 3.61. The molecule has 33 heavy (non-hydrogen) atoms. The molecule has 0 aliphatic carbocycles. The van der Waals surface area contributed by atoms with Crippen LogP contribution in [0.5, 0.6) is 0 Å². The minimum absolute atomic E-state index is 0.0657. The van der Waals surface area contributed by atoms with Crippen LogP contribution in [0.1, 0.15) is 43.6 Å². The van der Waals surface area contributed by atoms with Gasteiger partial charge in [0.1, 0.15) is 5.82 Å². The number of rotatable bonds is 6. The van der Waals surface area contributed by atoms with E-state index in [-0.39, 0.29) is 34.6 Å². The Kier molecular flexibility index (Phi) is 5.99. The molecule has 0 unspecified atom stereocenters. The Hall–Kier alpha value is -4.33. The maximum atomic E-state index is 13.8. The standard InChI is InChI=1S/C25H20FN3O4/c1-15(30)27-22-14-18(8-10-21(22)26)28-23(31)17-7-9-19-20(13-17)25(33)29(24(19)32)12-11-16-5-3-2-4-6-16/h2-10,13-14H,11-12H2,1H3,(H,27,30)(H,28,31). The molecule has 0 aromatic heterocycles. The fraction of sp³-hybridized carbons (Fsp3) is 0.120. The van der Waals surface area contributed by atoms with Crippen molar-refractivity contribution in [2.24, 2.45) is 0 Å². The Morgan fingerprint density at radius 2 is 1.61 bits per heavy atom. The van der Waals surface area contributed by atoms with E-state index in [9.17, 15) is 23.6 Å². The highest BCUT2D eigenvalue weighted by Crippen LogP contribution is 2.25. The average molecular weight is 445 g/mol. The van der Waals surface area contributed by atoms with Crippen LogP contribution in [0.15, 0.2) is 66.7 Å². The molecule has 0 bridgehead atoms. The quantitative estimate of drug-likeness (QED) is 0.563. The van der Waals surface area contributed by atoms with Crippen molar-refractivity contribution in [3.63, 3.8) is 0 Å². The normalized spacial score (nSPS) is 12.5. The first-order valence-electron chi connectivity index (χ1n) is 10.3. The van der Waals surface area contributed by atoms with E-state index in [1.54, 1.807) is 0 Å². The molecule has 4 amide bonds. The summed E-state index contributed by atoms with van der Waals surface area (Å²) in [5, 5.41) is 4.95. The van der Waals surface area contributed by atoms with Gasteiger partial charge in [0.25, 0.3) is 17.7 Å². The number of halogens is 1. The number of carbonyl (C=O) groups is 4. The van der Waals surface area contributed by atoms with Gasteiger partial charge in [-0.3, -0.25) is 24.1 Å². The molecule has 4 rings (SSSR count). The highest BCUT2D eigenvalue weighted by atomic mass is 19.1. The predicted octanol–water partition coefficient (Wildman–Crippen LogP) is 3.88. The van der Waals surface area contributed by atoms with Crippen LogP contribution in [0.25, 0.3) is 0 Å². The third-order valence-electron chi connectivity index (χ3n) is 5.23. The monoisotopic (exact) mass is 445 g/mol. The van der Waals surface area contributed by atoms with E-state index in [0.717, 1.165) is 11.6 Å². The number of fused-ring (bicyclic) bond motifs is 1. The molecular weight excluding hydrogens is 425 g/mol. The summed E-state index contributed by atoms with van der Waals surface area (Å²) in [6.45, 7) is 1.48. The van der Waals surface area contributed by atoms with Crippen molar-refractivity contribution in [2.45, 2.75) is 13.3 Å². The first-order chi connectivity index (χ1) is 15.8. The molecule has 0 saturated heterocycles. The first kappa shape index (κ1) is 21.9. The Morgan fingerprint density at radius 3 is 2.33 bits per heavy atom. The molecule has 2 N–H and O–H groups in total. The van der Waals surface area contributed by atoms with E-state index in [2.05, 4.69) is 10.6 Å². The molecule has 0 radical (unpaired) electrons. The van der Waals surface area contributed by atoms with Crippen molar-refractivity contribution in [1.29, 1.82) is 0 Å². The van der Waals surface area contributed by atoms with Crippen LogP contribution in [-0.2, 0) is 11.2 Å². The Morgan fingerprint density at radius 1 is 0.879 bits per heavy atom. The highest BCUT2D eigenvalue weighted by molar-refractivity contribution is 6.22. The van der Waals surface area contributed by atoms with Crippen molar-refractivity contribution in [3.05, 3.63) is 94.8 Å². The number of nitrogens with one attached hydrogen (secondary N) is 2. The van der Waals surface area contributed by atoms with Gasteiger partial charge in [0.05, 0.1) is 16.8 Å². The van der Waals surface area contributed by atoms with Gasteiger partial charge in [-0.15, -0.1) is 0 Å². The van der Waals surface area contributed by atoms with Gasteiger partial charge >= 0.3 is 0 Å². The minimum Gasteiger partial charge on any atom is -0.324 e. The van der Waals surface area contributed by atoms with Crippen LogP contribution >= 0.6 is 0 Å². The zero-order chi connectivity index (χ0) is 23.5. The summed E-state index contributed by atoms with van der Waals surface area (Å²) in [7, 11) is 0. The smallest absolute Gasteiger partial charge is 0.261 e. The van der Waals surface area contributed by atoms with Gasteiger partial charge in [0, 0.05) is 24.7 Å². The Balaban J connectivity index is 1.49. The second kappa shape index (κ2) is 9.04. The SMILES string of the molecule is CC(=O)Nc1cc(NC(=O)c2ccc3c(c2)C(=O)N(CCc2ccccc2)C3=O)ccc1F. The summed E-state index contributed by atoms with van der Waals surface area (Å²) in [6.07, 6.45) is 0.529.